The SMILES string of the molecule is CCOC(=O)N1CCC(C(O)(c2ccc(F)cc2)c2ccc(F)cc2)CC1. The Morgan fingerprint density at radius 1 is 1.04 bits per heavy atom. The van der Waals surface area contributed by atoms with Crippen molar-refractivity contribution in [2.45, 2.75) is 25.4 Å². The summed E-state index contributed by atoms with van der Waals surface area (Å²) in [6.45, 7) is 2.97. The zero-order valence-corrected chi connectivity index (χ0v) is 15.2. The molecule has 0 atom stereocenters. The van der Waals surface area contributed by atoms with E-state index in [1.165, 1.54) is 24.3 Å². The van der Waals surface area contributed by atoms with Crippen molar-refractivity contribution in [3.63, 3.8) is 0 Å². The summed E-state index contributed by atoms with van der Waals surface area (Å²) in [4.78, 5) is 13.5. The lowest BCUT2D eigenvalue weighted by Gasteiger charge is -2.42. The van der Waals surface area contributed by atoms with Crippen LogP contribution in [0.15, 0.2) is 48.5 Å². The summed E-state index contributed by atoms with van der Waals surface area (Å²) in [6, 6.07) is 11.4. The first-order chi connectivity index (χ1) is 12.9. The van der Waals surface area contributed by atoms with Crippen LogP contribution in [0.4, 0.5) is 13.6 Å². The molecule has 1 aliphatic rings. The Morgan fingerprint density at radius 3 is 1.89 bits per heavy atom. The molecule has 0 radical (unpaired) electrons. The van der Waals surface area contributed by atoms with Gasteiger partial charge < -0.3 is 14.7 Å². The summed E-state index contributed by atoms with van der Waals surface area (Å²) in [6.07, 6.45) is 0.733. The third-order valence-corrected chi connectivity index (χ3v) is 5.18. The second kappa shape index (κ2) is 8.05. The highest BCUT2D eigenvalue weighted by Crippen LogP contribution is 2.42. The normalized spacial score (nSPS) is 15.6. The van der Waals surface area contributed by atoms with Crippen LogP contribution in [0, 0.1) is 17.6 Å². The predicted octanol–water partition coefficient (Wildman–Crippen LogP) is 4.07. The van der Waals surface area contributed by atoms with Gasteiger partial charge in [0.15, 0.2) is 0 Å². The quantitative estimate of drug-likeness (QED) is 0.876. The molecule has 1 aliphatic heterocycles. The van der Waals surface area contributed by atoms with E-state index in [2.05, 4.69) is 0 Å². The zero-order valence-electron chi connectivity index (χ0n) is 15.2. The highest BCUT2D eigenvalue weighted by atomic mass is 19.1. The lowest BCUT2D eigenvalue weighted by Crippen LogP contribution is -2.46. The van der Waals surface area contributed by atoms with Gasteiger partial charge in [0, 0.05) is 13.1 Å². The molecule has 0 bridgehead atoms. The van der Waals surface area contributed by atoms with Gasteiger partial charge in [0.05, 0.1) is 6.61 Å². The second-order valence-corrected chi connectivity index (χ2v) is 6.74. The fraction of sp³-hybridized carbons (Fsp3) is 0.381. The van der Waals surface area contributed by atoms with Gasteiger partial charge in [-0.05, 0) is 61.1 Å². The highest BCUT2D eigenvalue weighted by molar-refractivity contribution is 5.67. The Labute approximate surface area is 157 Å². The maximum atomic E-state index is 13.4. The van der Waals surface area contributed by atoms with E-state index in [0.717, 1.165) is 0 Å². The number of carbonyl (C=O) groups is 1. The lowest BCUT2D eigenvalue weighted by atomic mass is 9.72. The van der Waals surface area contributed by atoms with Crippen molar-refractivity contribution in [3.05, 3.63) is 71.3 Å². The van der Waals surface area contributed by atoms with E-state index in [9.17, 15) is 18.7 Å². The molecule has 1 saturated heterocycles. The lowest BCUT2D eigenvalue weighted by molar-refractivity contribution is -0.0142. The summed E-state index contributed by atoms with van der Waals surface area (Å²) in [5, 5.41) is 11.7. The number of halogens is 2. The minimum absolute atomic E-state index is 0.209. The van der Waals surface area contributed by atoms with E-state index in [0.29, 0.717) is 43.7 Å². The number of benzene rings is 2. The monoisotopic (exact) mass is 375 g/mol. The first-order valence-electron chi connectivity index (χ1n) is 9.11. The molecular weight excluding hydrogens is 352 g/mol. The number of ether oxygens (including phenoxy) is 1. The van der Waals surface area contributed by atoms with Crippen molar-refractivity contribution >= 4 is 6.09 Å². The van der Waals surface area contributed by atoms with Crippen molar-refractivity contribution in [1.82, 2.24) is 4.90 Å². The average molecular weight is 375 g/mol. The number of rotatable bonds is 4. The Bertz CT molecular complexity index is 724. The van der Waals surface area contributed by atoms with Crippen molar-refractivity contribution in [1.29, 1.82) is 0 Å². The van der Waals surface area contributed by atoms with Gasteiger partial charge in [-0.3, -0.25) is 0 Å². The summed E-state index contributed by atoms with van der Waals surface area (Å²) < 4.78 is 31.8. The third kappa shape index (κ3) is 3.95. The number of hydrogen-bond acceptors (Lipinski definition) is 3. The summed E-state index contributed by atoms with van der Waals surface area (Å²) >= 11 is 0. The Morgan fingerprint density at radius 2 is 1.48 bits per heavy atom. The van der Waals surface area contributed by atoms with E-state index >= 15 is 0 Å². The zero-order chi connectivity index (χ0) is 19.4. The first-order valence-corrected chi connectivity index (χ1v) is 9.11. The average Bonchev–Trinajstić information content (AvgIpc) is 2.69. The van der Waals surface area contributed by atoms with Crippen LogP contribution >= 0.6 is 0 Å². The number of carbonyl (C=O) groups excluding carboxylic acids is 1. The molecule has 27 heavy (non-hydrogen) atoms. The molecule has 6 heteroatoms. The minimum Gasteiger partial charge on any atom is -0.450 e. The highest BCUT2D eigenvalue weighted by Gasteiger charge is 2.42. The maximum absolute atomic E-state index is 13.4. The van der Waals surface area contributed by atoms with Gasteiger partial charge in [0.25, 0.3) is 0 Å². The van der Waals surface area contributed by atoms with Crippen LogP contribution in [0.5, 0.6) is 0 Å². The minimum atomic E-state index is -1.40. The van der Waals surface area contributed by atoms with Crippen molar-refractivity contribution < 1.29 is 23.4 Å². The van der Waals surface area contributed by atoms with Crippen LogP contribution in [0.25, 0.3) is 0 Å². The van der Waals surface area contributed by atoms with E-state index < -0.39 is 17.2 Å². The third-order valence-electron chi connectivity index (χ3n) is 5.18. The standard InChI is InChI=1S/C21H23F2NO3/c1-2-27-20(25)24-13-11-17(12-14-24)21(26,15-3-7-18(22)8-4-15)16-5-9-19(23)10-6-16/h3-10,17,26H,2,11-14H2,1H3. The van der Waals surface area contributed by atoms with E-state index in [1.807, 2.05) is 0 Å². The van der Waals surface area contributed by atoms with E-state index in [-0.39, 0.29) is 12.0 Å². The fourth-order valence-electron chi connectivity index (χ4n) is 3.74. The van der Waals surface area contributed by atoms with Gasteiger partial charge in [-0.2, -0.15) is 0 Å². The molecule has 0 aromatic heterocycles. The Hall–Kier alpha value is -2.47. The van der Waals surface area contributed by atoms with Gasteiger partial charge in [-0.15, -0.1) is 0 Å². The number of likely N-dealkylation sites (tertiary alicyclic amines) is 1. The second-order valence-electron chi connectivity index (χ2n) is 6.74. The molecule has 144 valence electrons. The molecular formula is C21H23F2NO3. The van der Waals surface area contributed by atoms with Gasteiger partial charge in [0.1, 0.15) is 17.2 Å². The van der Waals surface area contributed by atoms with Gasteiger partial charge in [-0.25, -0.2) is 13.6 Å². The topological polar surface area (TPSA) is 49.8 Å². The van der Waals surface area contributed by atoms with E-state index in [4.69, 9.17) is 4.74 Å². The molecule has 0 aliphatic carbocycles. The summed E-state index contributed by atoms with van der Waals surface area (Å²) in [5.41, 5.74) is -0.308. The Balaban J connectivity index is 1.90. The largest absolute Gasteiger partial charge is 0.450 e. The molecule has 4 nitrogen and oxygen atoms in total. The van der Waals surface area contributed by atoms with Crippen LogP contribution in [0.1, 0.15) is 30.9 Å². The van der Waals surface area contributed by atoms with Crippen LogP contribution in [-0.2, 0) is 10.3 Å². The van der Waals surface area contributed by atoms with Crippen LogP contribution in [0.2, 0.25) is 0 Å². The number of nitrogens with zero attached hydrogens (tertiary/aromatic N) is 1. The number of hydrogen-bond donors (Lipinski definition) is 1. The predicted molar refractivity (Wildman–Crippen MR) is 97.1 cm³/mol. The van der Waals surface area contributed by atoms with Crippen molar-refractivity contribution in [2.24, 2.45) is 5.92 Å². The molecule has 0 saturated carbocycles. The fourth-order valence-corrected chi connectivity index (χ4v) is 3.74. The number of piperidine rings is 1. The molecule has 2 aromatic carbocycles. The van der Waals surface area contributed by atoms with Gasteiger partial charge in [-0.1, -0.05) is 24.3 Å². The van der Waals surface area contributed by atoms with Gasteiger partial charge in [0.2, 0.25) is 0 Å². The molecule has 1 amide bonds. The van der Waals surface area contributed by atoms with Crippen molar-refractivity contribution in [2.75, 3.05) is 19.7 Å². The smallest absolute Gasteiger partial charge is 0.409 e. The molecule has 0 unspecified atom stereocenters. The number of aliphatic hydroxyl groups is 1. The summed E-state index contributed by atoms with van der Waals surface area (Å²) in [5.74, 6) is -0.992. The molecule has 2 aromatic rings. The number of amides is 1. The van der Waals surface area contributed by atoms with Crippen molar-refractivity contribution in [3.8, 4) is 0 Å². The van der Waals surface area contributed by atoms with Crippen LogP contribution < -0.4 is 0 Å². The Kier molecular flexibility index (Phi) is 5.75. The summed E-state index contributed by atoms with van der Waals surface area (Å²) in [7, 11) is 0. The van der Waals surface area contributed by atoms with Crippen LogP contribution in [0.3, 0.4) is 0 Å². The maximum Gasteiger partial charge on any atom is 0.409 e. The first kappa shape index (κ1) is 19.3. The molecule has 1 heterocycles. The molecule has 0 spiro atoms. The molecule has 1 fully saturated rings. The molecule has 3 rings (SSSR count). The van der Waals surface area contributed by atoms with Crippen LogP contribution in [-0.4, -0.2) is 35.8 Å². The van der Waals surface area contributed by atoms with E-state index in [1.54, 1.807) is 36.1 Å². The van der Waals surface area contributed by atoms with Gasteiger partial charge >= 0.3 is 6.09 Å². The molecule has 1 N–H and O–H groups in total.